The van der Waals surface area contributed by atoms with Crippen LogP contribution in [0.2, 0.25) is 0 Å². The van der Waals surface area contributed by atoms with Crippen LogP contribution in [0.15, 0.2) is 76.3 Å². The summed E-state index contributed by atoms with van der Waals surface area (Å²) >= 11 is 3.43. The predicted octanol–water partition coefficient (Wildman–Crippen LogP) is 4.94. The van der Waals surface area contributed by atoms with E-state index in [1.54, 1.807) is 30.3 Å². The first kappa shape index (κ1) is 23.8. The van der Waals surface area contributed by atoms with E-state index in [4.69, 9.17) is 9.47 Å². The molecule has 0 bridgehead atoms. The molecule has 0 radical (unpaired) electrons. The van der Waals surface area contributed by atoms with Gasteiger partial charge in [-0.25, -0.2) is 10.2 Å². The lowest BCUT2D eigenvalue weighted by Crippen LogP contribution is -2.24. The molecule has 9 heteroatoms. The average molecular weight is 511 g/mol. The van der Waals surface area contributed by atoms with E-state index >= 15 is 0 Å². The van der Waals surface area contributed by atoms with Gasteiger partial charge in [0.1, 0.15) is 0 Å². The number of para-hydroxylation sites is 2. The van der Waals surface area contributed by atoms with Crippen LogP contribution in [0.3, 0.4) is 0 Å². The molecule has 3 amide bonds. The van der Waals surface area contributed by atoms with Crippen molar-refractivity contribution in [1.29, 1.82) is 0 Å². The van der Waals surface area contributed by atoms with Crippen molar-refractivity contribution >= 4 is 45.5 Å². The van der Waals surface area contributed by atoms with Crippen molar-refractivity contribution < 1.29 is 19.1 Å². The van der Waals surface area contributed by atoms with Crippen molar-refractivity contribution in [3.05, 3.63) is 82.3 Å². The Morgan fingerprint density at radius 2 is 1.76 bits per heavy atom. The molecule has 33 heavy (non-hydrogen) atoms. The number of urea groups is 1. The number of anilines is 2. The van der Waals surface area contributed by atoms with Crippen molar-refractivity contribution in [2.45, 2.75) is 6.92 Å². The van der Waals surface area contributed by atoms with Crippen LogP contribution in [0.4, 0.5) is 16.2 Å². The maximum atomic E-state index is 12.2. The highest BCUT2D eigenvalue weighted by atomic mass is 79.9. The lowest BCUT2D eigenvalue weighted by molar-refractivity contribution is -0.118. The van der Waals surface area contributed by atoms with E-state index in [-0.39, 0.29) is 12.5 Å². The van der Waals surface area contributed by atoms with Crippen LogP contribution in [-0.2, 0) is 4.79 Å². The Balaban J connectivity index is 1.59. The molecule has 3 aromatic carbocycles. The van der Waals surface area contributed by atoms with Gasteiger partial charge in [-0.05, 0) is 64.3 Å². The van der Waals surface area contributed by atoms with Gasteiger partial charge in [0.15, 0.2) is 18.1 Å². The van der Waals surface area contributed by atoms with Crippen LogP contribution in [0, 0.1) is 6.92 Å². The second-order valence-corrected chi connectivity index (χ2v) is 7.73. The second kappa shape index (κ2) is 11.7. The van der Waals surface area contributed by atoms with E-state index in [0.29, 0.717) is 32.9 Å². The van der Waals surface area contributed by atoms with Gasteiger partial charge in [-0.3, -0.25) is 4.79 Å². The molecule has 3 N–H and O–H groups in total. The van der Waals surface area contributed by atoms with Gasteiger partial charge >= 0.3 is 6.03 Å². The molecule has 0 aliphatic carbocycles. The summed E-state index contributed by atoms with van der Waals surface area (Å²) in [6, 6.07) is 19.5. The minimum absolute atomic E-state index is 0.197. The number of hydrogen-bond donors (Lipinski definition) is 3. The fourth-order valence-corrected chi connectivity index (χ4v) is 3.41. The fraction of sp³-hybridized carbons (Fsp3) is 0.125. The standard InChI is InChI=1S/C24H23BrN4O4/c1-16-8-6-7-11-20(16)28-24(31)29-26-14-17-12-19(25)23(21(13-17)32-2)33-15-22(30)27-18-9-4-3-5-10-18/h3-14H,15H2,1-2H3,(H,27,30)(H2,28,29,31). The van der Waals surface area contributed by atoms with Crippen molar-refractivity contribution in [3.8, 4) is 11.5 Å². The molecule has 0 saturated carbocycles. The molecule has 0 aliphatic rings. The van der Waals surface area contributed by atoms with E-state index in [1.807, 2.05) is 43.3 Å². The fourth-order valence-electron chi connectivity index (χ4n) is 2.84. The summed E-state index contributed by atoms with van der Waals surface area (Å²) < 4.78 is 11.6. The average Bonchev–Trinajstić information content (AvgIpc) is 2.80. The number of halogens is 1. The van der Waals surface area contributed by atoms with Gasteiger partial charge in [0.2, 0.25) is 0 Å². The summed E-state index contributed by atoms with van der Waals surface area (Å²) in [6.45, 7) is 1.70. The van der Waals surface area contributed by atoms with Crippen LogP contribution < -0.4 is 25.5 Å². The highest BCUT2D eigenvalue weighted by Gasteiger charge is 2.13. The van der Waals surface area contributed by atoms with Crippen LogP contribution in [-0.4, -0.2) is 31.9 Å². The number of methoxy groups -OCH3 is 1. The lowest BCUT2D eigenvalue weighted by Gasteiger charge is -2.13. The monoisotopic (exact) mass is 510 g/mol. The molecule has 0 atom stereocenters. The molecule has 0 saturated heterocycles. The van der Waals surface area contributed by atoms with Gasteiger partial charge < -0.3 is 20.1 Å². The first-order valence-electron chi connectivity index (χ1n) is 9.97. The number of ether oxygens (including phenoxy) is 2. The summed E-state index contributed by atoms with van der Waals surface area (Å²) in [4.78, 5) is 24.2. The maximum Gasteiger partial charge on any atom is 0.339 e. The van der Waals surface area contributed by atoms with E-state index in [0.717, 1.165) is 5.56 Å². The van der Waals surface area contributed by atoms with Crippen molar-refractivity contribution in [3.63, 3.8) is 0 Å². The largest absolute Gasteiger partial charge is 0.493 e. The highest BCUT2D eigenvalue weighted by Crippen LogP contribution is 2.36. The van der Waals surface area contributed by atoms with Gasteiger partial charge in [0.05, 0.1) is 17.8 Å². The molecule has 0 fully saturated rings. The van der Waals surface area contributed by atoms with Crippen LogP contribution >= 0.6 is 15.9 Å². The van der Waals surface area contributed by atoms with Crippen molar-refractivity contribution in [1.82, 2.24) is 5.43 Å². The molecular weight excluding hydrogens is 488 g/mol. The zero-order chi connectivity index (χ0) is 23.6. The third-order valence-electron chi connectivity index (χ3n) is 4.43. The lowest BCUT2D eigenvalue weighted by atomic mass is 10.2. The SMILES string of the molecule is COc1cc(C=NNC(=O)Nc2ccccc2C)cc(Br)c1OCC(=O)Nc1ccccc1. The van der Waals surface area contributed by atoms with Crippen molar-refractivity contribution in [2.24, 2.45) is 5.10 Å². The molecular formula is C24H23BrN4O4. The van der Waals surface area contributed by atoms with E-state index in [9.17, 15) is 9.59 Å². The molecule has 3 rings (SSSR count). The van der Waals surface area contributed by atoms with Gasteiger partial charge in [-0.1, -0.05) is 36.4 Å². The normalized spacial score (nSPS) is 10.5. The minimum Gasteiger partial charge on any atom is -0.493 e. The first-order chi connectivity index (χ1) is 16.0. The quantitative estimate of drug-likeness (QED) is 0.295. The molecule has 0 heterocycles. The van der Waals surface area contributed by atoms with E-state index in [1.165, 1.54) is 13.3 Å². The number of carbonyl (C=O) groups is 2. The Morgan fingerprint density at radius 3 is 2.48 bits per heavy atom. The number of benzene rings is 3. The van der Waals surface area contributed by atoms with E-state index < -0.39 is 6.03 Å². The number of carbonyl (C=O) groups excluding carboxylic acids is 2. The molecule has 0 spiro atoms. The molecule has 0 unspecified atom stereocenters. The summed E-state index contributed by atoms with van der Waals surface area (Å²) in [7, 11) is 1.49. The molecule has 0 aromatic heterocycles. The Kier molecular flexibility index (Phi) is 8.43. The number of nitrogens with zero attached hydrogens (tertiary/aromatic N) is 1. The Morgan fingerprint density at radius 1 is 1.03 bits per heavy atom. The predicted molar refractivity (Wildman–Crippen MR) is 132 cm³/mol. The number of aryl methyl sites for hydroxylation is 1. The molecule has 8 nitrogen and oxygen atoms in total. The third kappa shape index (κ3) is 7.08. The number of rotatable bonds is 8. The second-order valence-electron chi connectivity index (χ2n) is 6.88. The van der Waals surface area contributed by atoms with E-state index in [2.05, 4.69) is 37.1 Å². The topological polar surface area (TPSA) is 101 Å². The molecule has 0 aliphatic heterocycles. The van der Waals surface area contributed by atoms with Crippen LogP contribution in [0.25, 0.3) is 0 Å². The van der Waals surface area contributed by atoms with Gasteiger partial charge in [0, 0.05) is 11.4 Å². The smallest absolute Gasteiger partial charge is 0.339 e. The zero-order valence-corrected chi connectivity index (χ0v) is 19.7. The number of hydrogen-bond acceptors (Lipinski definition) is 5. The van der Waals surface area contributed by atoms with Gasteiger partial charge in [-0.15, -0.1) is 0 Å². The number of hydrazone groups is 1. The summed E-state index contributed by atoms with van der Waals surface area (Å²) in [5, 5.41) is 9.45. The highest BCUT2D eigenvalue weighted by molar-refractivity contribution is 9.10. The summed E-state index contributed by atoms with van der Waals surface area (Å²) in [5.41, 5.74) is 5.40. The first-order valence-corrected chi connectivity index (χ1v) is 10.8. The van der Waals surface area contributed by atoms with Gasteiger partial charge in [-0.2, -0.15) is 5.10 Å². The molecule has 170 valence electrons. The summed E-state index contributed by atoms with van der Waals surface area (Å²) in [6.07, 6.45) is 1.47. The number of nitrogens with one attached hydrogen (secondary N) is 3. The Hall–Kier alpha value is -3.85. The Labute approximate surface area is 200 Å². The van der Waals surface area contributed by atoms with Gasteiger partial charge in [0.25, 0.3) is 5.91 Å². The maximum absolute atomic E-state index is 12.2. The minimum atomic E-state index is -0.462. The molecule has 3 aromatic rings. The Bertz CT molecular complexity index is 1150. The number of amides is 3. The third-order valence-corrected chi connectivity index (χ3v) is 5.02. The summed E-state index contributed by atoms with van der Waals surface area (Å²) in [5.74, 6) is 0.482. The van der Waals surface area contributed by atoms with Crippen LogP contribution in [0.1, 0.15) is 11.1 Å². The zero-order valence-electron chi connectivity index (χ0n) is 18.1. The van der Waals surface area contributed by atoms with Crippen molar-refractivity contribution in [2.75, 3.05) is 24.4 Å². The van der Waals surface area contributed by atoms with Crippen LogP contribution in [0.5, 0.6) is 11.5 Å².